The first-order valence-electron chi connectivity index (χ1n) is 24.4. The van der Waals surface area contributed by atoms with Gasteiger partial charge in [0.25, 0.3) is 0 Å². The number of unbranched alkanes of at least 4 members (excludes halogenated alkanes) is 22. The highest BCUT2D eigenvalue weighted by atomic mass is 16.7. The molecule has 1 rings (SSSR count). The third-order valence-electron chi connectivity index (χ3n) is 11.0. The predicted octanol–water partition coefficient (Wildman–Crippen LogP) is 11.0. The fraction of sp³-hybridized carbons (Fsp3) is 0.765. The summed E-state index contributed by atoms with van der Waals surface area (Å²) in [7, 11) is 0. The smallest absolute Gasteiger partial charge is 0.306 e. The third-order valence-corrected chi connectivity index (χ3v) is 11.0. The number of carbonyl (C=O) groups excluding carboxylic acids is 2. The summed E-state index contributed by atoms with van der Waals surface area (Å²) in [6, 6.07) is 0. The van der Waals surface area contributed by atoms with Gasteiger partial charge in [-0.05, 0) is 57.8 Å². The van der Waals surface area contributed by atoms with Crippen molar-refractivity contribution >= 4 is 11.9 Å². The molecule has 10 heteroatoms. The first-order valence-corrected chi connectivity index (χ1v) is 24.4. The van der Waals surface area contributed by atoms with Crippen LogP contribution in [0.3, 0.4) is 0 Å². The molecule has 0 saturated carbocycles. The predicted molar refractivity (Wildman–Crippen MR) is 247 cm³/mol. The first kappa shape index (κ1) is 56.4. The summed E-state index contributed by atoms with van der Waals surface area (Å²) in [6.07, 6.45) is 43.7. The summed E-state index contributed by atoms with van der Waals surface area (Å²) >= 11 is 0. The van der Waals surface area contributed by atoms with Crippen molar-refractivity contribution in [3.05, 3.63) is 60.8 Å². The van der Waals surface area contributed by atoms with Crippen LogP contribution in [0.15, 0.2) is 60.8 Å². The number of rotatable bonds is 40. The Kier molecular flexibility index (Phi) is 38.3. The van der Waals surface area contributed by atoms with E-state index in [0.29, 0.717) is 6.42 Å². The van der Waals surface area contributed by atoms with Gasteiger partial charge in [-0.1, -0.05) is 184 Å². The van der Waals surface area contributed by atoms with Crippen molar-refractivity contribution in [1.29, 1.82) is 0 Å². The zero-order valence-electron chi connectivity index (χ0n) is 38.4. The van der Waals surface area contributed by atoms with E-state index in [0.717, 1.165) is 64.2 Å². The molecule has 0 aromatic rings. The number of hydrogen-bond donors (Lipinski definition) is 4. The lowest BCUT2D eigenvalue weighted by Gasteiger charge is -2.39. The molecule has 6 atom stereocenters. The molecule has 4 N–H and O–H groups in total. The zero-order valence-corrected chi connectivity index (χ0v) is 38.4. The second-order valence-electron chi connectivity index (χ2n) is 16.6. The number of esters is 2. The quantitative estimate of drug-likeness (QED) is 0.0203. The summed E-state index contributed by atoms with van der Waals surface area (Å²) < 4.78 is 22.2. The Balaban J connectivity index is 2.28. The summed E-state index contributed by atoms with van der Waals surface area (Å²) in [5, 5.41) is 40.1. The monoisotopic (exact) mass is 861 g/mol. The van der Waals surface area contributed by atoms with Crippen molar-refractivity contribution in [2.24, 2.45) is 0 Å². The van der Waals surface area contributed by atoms with Crippen LogP contribution in [0.5, 0.6) is 0 Å². The Morgan fingerprint density at radius 3 is 1.51 bits per heavy atom. The summed E-state index contributed by atoms with van der Waals surface area (Å²) in [5.41, 5.74) is 0. The maximum Gasteiger partial charge on any atom is 0.306 e. The minimum atomic E-state index is -1.60. The Morgan fingerprint density at radius 1 is 0.525 bits per heavy atom. The van der Waals surface area contributed by atoms with Gasteiger partial charge < -0.3 is 39.4 Å². The molecule has 0 amide bonds. The van der Waals surface area contributed by atoms with E-state index in [-0.39, 0.29) is 32.0 Å². The minimum absolute atomic E-state index is 0.202. The van der Waals surface area contributed by atoms with Gasteiger partial charge in [-0.3, -0.25) is 9.59 Å². The van der Waals surface area contributed by atoms with Gasteiger partial charge in [-0.25, -0.2) is 0 Å². The largest absolute Gasteiger partial charge is 0.462 e. The molecule has 1 fully saturated rings. The van der Waals surface area contributed by atoms with E-state index in [1.165, 1.54) is 96.3 Å². The molecule has 1 aliphatic heterocycles. The van der Waals surface area contributed by atoms with Crippen LogP contribution in [0.4, 0.5) is 0 Å². The van der Waals surface area contributed by atoms with Crippen molar-refractivity contribution in [2.75, 3.05) is 19.8 Å². The van der Waals surface area contributed by atoms with Crippen LogP contribution in [0.2, 0.25) is 0 Å². The molecule has 0 aromatic carbocycles. The number of aliphatic hydroxyl groups is 4. The molecule has 0 spiro atoms. The average molecular weight is 861 g/mol. The molecule has 61 heavy (non-hydrogen) atoms. The molecule has 1 saturated heterocycles. The highest BCUT2D eigenvalue weighted by Gasteiger charge is 2.44. The van der Waals surface area contributed by atoms with Crippen LogP contribution in [-0.2, 0) is 28.5 Å². The molecule has 2 unspecified atom stereocenters. The Hall–Kier alpha value is -2.60. The molecule has 0 aliphatic carbocycles. The molecule has 1 heterocycles. The van der Waals surface area contributed by atoms with E-state index in [4.69, 9.17) is 18.9 Å². The average Bonchev–Trinajstić information content (AvgIpc) is 3.26. The van der Waals surface area contributed by atoms with E-state index in [1.54, 1.807) is 0 Å². The van der Waals surface area contributed by atoms with Crippen molar-refractivity contribution in [3.8, 4) is 0 Å². The highest BCUT2D eigenvalue weighted by molar-refractivity contribution is 5.70. The standard InChI is InChI=1S/C51H88O10/c1-3-5-7-9-11-13-15-17-19-20-21-22-23-24-26-27-29-31-33-35-37-39-46(53)58-42-44(43-59-51-50(57)49(56)48(55)45(41-52)61-51)60-47(54)40-38-36-34-32-30-28-25-18-16-14-12-10-8-6-4-2/h6,8,10,12,14,16-19,25,44-45,48-52,55-57H,3-5,7,9,11,13,15,20-24,26-43H2,1-2H3/b8-6+,12-10+,16-14+,19-17+,25-18+/t44-,45-,48+,49?,50?,51-/m0/s1. The van der Waals surface area contributed by atoms with Crippen LogP contribution in [0.25, 0.3) is 0 Å². The lowest BCUT2D eigenvalue weighted by molar-refractivity contribution is -0.305. The van der Waals surface area contributed by atoms with Gasteiger partial charge in [0, 0.05) is 12.8 Å². The molecule has 1 aliphatic rings. The Bertz CT molecular complexity index is 1180. The van der Waals surface area contributed by atoms with Crippen LogP contribution >= 0.6 is 0 Å². The molecule has 0 bridgehead atoms. The number of hydrogen-bond acceptors (Lipinski definition) is 10. The first-order chi connectivity index (χ1) is 29.8. The minimum Gasteiger partial charge on any atom is -0.462 e. The lowest BCUT2D eigenvalue weighted by Crippen LogP contribution is -2.59. The number of carbonyl (C=O) groups is 2. The van der Waals surface area contributed by atoms with Crippen LogP contribution in [-0.4, -0.2) is 89.0 Å². The fourth-order valence-electron chi connectivity index (χ4n) is 7.13. The normalized spacial score (nSPS) is 20.3. The van der Waals surface area contributed by atoms with Gasteiger partial charge in [0.1, 0.15) is 31.0 Å². The zero-order chi connectivity index (χ0) is 44.4. The second kappa shape index (κ2) is 41.4. The molecule has 0 aromatic heterocycles. The third kappa shape index (κ3) is 32.7. The molecular formula is C51H88O10. The second-order valence-corrected chi connectivity index (χ2v) is 16.6. The van der Waals surface area contributed by atoms with Crippen molar-refractivity contribution < 1.29 is 49.0 Å². The van der Waals surface area contributed by atoms with Gasteiger partial charge in [0.15, 0.2) is 12.4 Å². The van der Waals surface area contributed by atoms with Crippen LogP contribution < -0.4 is 0 Å². The van der Waals surface area contributed by atoms with E-state index in [2.05, 4.69) is 44.2 Å². The SMILES string of the molecule is CC/C=C/C=C/C=C/C=C/CCCCCCCC(=O)O[C@@H](COC(=O)CCCCCCCCCCCCC/C=C/CCCCCCCC)CO[C@H]1O[C@@H](CO)[C@@H](O)C(O)C1O. The lowest BCUT2D eigenvalue weighted by atomic mass is 9.99. The number of allylic oxidation sites excluding steroid dienone is 10. The van der Waals surface area contributed by atoms with Gasteiger partial charge in [0.05, 0.1) is 13.2 Å². The van der Waals surface area contributed by atoms with Gasteiger partial charge >= 0.3 is 11.9 Å². The van der Waals surface area contributed by atoms with Crippen molar-refractivity contribution in [1.82, 2.24) is 0 Å². The van der Waals surface area contributed by atoms with Crippen LogP contribution in [0, 0.1) is 0 Å². The summed E-state index contributed by atoms with van der Waals surface area (Å²) in [6.45, 7) is 3.26. The van der Waals surface area contributed by atoms with Crippen LogP contribution in [0.1, 0.15) is 194 Å². The molecule has 10 nitrogen and oxygen atoms in total. The number of ether oxygens (including phenoxy) is 4. The Morgan fingerprint density at radius 2 is 0.984 bits per heavy atom. The summed E-state index contributed by atoms with van der Waals surface area (Å²) in [4.78, 5) is 25.4. The molecule has 352 valence electrons. The molecule has 0 radical (unpaired) electrons. The van der Waals surface area contributed by atoms with Crippen molar-refractivity contribution in [3.63, 3.8) is 0 Å². The van der Waals surface area contributed by atoms with E-state index in [9.17, 15) is 30.0 Å². The van der Waals surface area contributed by atoms with E-state index >= 15 is 0 Å². The van der Waals surface area contributed by atoms with Gasteiger partial charge in [-0.2, -0.15) is 0 Å². The summed E-state index contributed by atoms with van der Waals surface area (Å²) in [5.74, 6) is -0.834. The number of aliphatic hydroxyl groups excluding tert-OH is 4. The Labute approximate surface area is 370 Å². The van der Waals surface area contributed by atoms with Crippen molar-refractivity contribution in [2.45, 2.75) is 230 Å². The highest BCUT2D eigenvalue weighted by Crippen LogP contribution is 2.23. The fourth-order valence-corrected chi connectivity index (χ4v) is 7.13. The topological polar surface area (TPSA) is 152 Å². The molecular weight excluding hydrogens is 773 g/mol. The maximum atomic E-state index is 12.8. The van der Waals surface area contributed by atoms with E-state index < -0.39 is 49.4 Å². The van der Waals surface area contributed by atoms with Gasteiger partial charge in [0.2, 0.25) is 0 Å². The maximum absolute atomic E-state index is 12.8. The van der Waals surface area contributed by atoms with Gasteiger partial charge in [-0.15, -0.1) is 0 Å². The van der Waals surface area contributed by atoms with E-state index in [1.807, 2.05) is 30.4 Å².